The van der Waals surface area contributed by atoms with Crippen molar-refractivity contribution in [1.29, 1.82) is 0 Å². The van der Waals surface area contributed by atoms with Gasteiger partial charge in [0, 0.05) is 30.9 Å². The van der Waals surface area contributed by atoms with Gasteiger partial charge in [0.1, 0.15) is 0 Å². The molecule has 8 heteroatoms. The zero-order chi connectivity index (χ0) is 19.9. The monoisotopic (exact) mass is 408 g/mol. The third-order valence-corrected chi connectivity index (χ3v) is 7.25. The molecule has 1 unspecified atom stereocenters. The topological polar surface area (TPSA) is 83.5 Å². The molecule has 1 aromatic heterocycles. The molecular formula is C19H28N4O2S2. The number of aliphatic imine (C=N–C) groups is 1. The molecule has 0 aliphatic rings. The van der Waals surface area contributed by atoms with E-state index in [1.807, 2.05) is 19.9 Å². The van der Waals surface area contributed by atoms with Crippen LogP contribution >= 0.6 is 11.3 Å². The normalized spacial score (nSPS) is 13.4. The average Bonchev–Trinajstić information content (AvgIpc) is 2.98. The van der Waals surface area contributed by atoms with Crippen LogP contribution in [0.1, 0.15) is 28.9 Å². The Hall–Kier alpha value is -1.93. The van der Waals surface area contributed by atoms with Gasteiger partial charge in [0.05, 0.1) is 21.3 Å². The number of rotatable bonds is 8. The number of nitrogens with zero attached hydrogens (tertiary/aromatic N) is 2. The summed E-state index contributed by atoms with van der Waals surface area (Å²) in [6.45, 7) is 6.74. The molecule has 0 bridgehead atoms. The van der Waals surface area contributed by atoms with Gasteiger partial charge in [0.15, 0.2) is 15.8 Å². The molecule has 0 aliphatic carbocycles. The van der Waals surface area contributed by atoms with Crippen LogP contribution < -0.4 is 10.6 Å². The molecule has 0 radical (unpaired) electrons. The fraction of sp³-hybridized carbons (Fsp3) is 0.474. The van der Waals surface area contributed by atoms with Crippen molar-refractivity contribution in [1.82, 2.24) is 15.6 Å². The van der Waals surface area contributed by atoms with Crippen LogP contribution in [0.25, 0.3) is 0 Å². The number of thiazole rings is 1. The number of guanidine groups is 1. The van der Waals surface area contributed by atoms with Gasteiger partial charge in [-0.25, -0.2) is 13.4 Å². The van der Waals surface area contributed by atoms with Crippen LogP contribution in [0.15, 0.2) is 40.2 Å². The van der Waals surface area contributed by atoms with Crippen LogP contribution in [0.3, 0.4) is 0 Å². The second-order valence-corrected chi connectivity index (χ2v) is 9.66. The minimum Gasteiger partial charge on any atom is -0.356 e. The fourth-order valence-corrected chi connectivity index (χ4v) is 5.12. The van der Waals surface area contributed by atoms with Crippen molar-refractivity contribution in [2.24, 2.45) is 4.99 Å². The molecule has 148 valence electrons. The molecule has 2 aromatic rings. The Morgan fingerprint density at radius 3 is 2.52 bits per heavy atom. The van der Waals surface area contributed by atoms with Crippen LogP contribution in [-0.2, 0) is 16.3 Å². The molecule has 1 atom stereocenters. The number of hydrogen-bond acceptors (Lipinski definition) is 5. The summed E-state index contributed by atoms with van der Waals surface area (Å²) in [6, 6.07) is 8.34. The number of hydrogen-bond donors (Lipinski definition) is 2. The maximum Gasteiger partial charge on any atom is 0.191 e. The molecule has 0 saturated heterocycles. The molecular weight excluding hydrogens is 380 g/mol. The zero-order valence-corrected chi connectivity index (χ0v) is 18.0. The van der Waals surface area contributed by atoms with Gasteiger partial charge >= 0.3 is 0 Å². The van der Waals surface area contributed by atoms with E-state index in [-0.39, 0.29) is 11.8 Å². The lowest BCUT2D eigenvalue weighted by Gasteiger charge is -2.20. The molecule has 0 saturated carbocycles. The van der Waals surface area contributed by atoms with Crippen LogP contribution in [0.5, 0.6) is 0 Å². The number of benzene rings is 1. The first kappa shape index (κ1) is 21.4. The number of nitrogens with one attached hydrogen (secondary N) is 2. The Morgan fingerprint density at radius 1 is 1.26 bits per heavy atom. The van der Waals surface area contributed by atoms with Gasteiger partial charge in [0.2, 0.25) is 0 Å². The highest BCUT2D eigenvalue weighted by atomic mass is 32.2. The Morgan fingerprint density at radius 2 is 1.96 bits per heavy atom. The van der Waals surface area contributed by atoms with Crippen molar-refractivity contribution in [3.63, 3.8) is 0 Å². The van der Waals surface area contributed by atoms with E-state index in [4.69, 9.17) is 0 Å². The van der Waals surface area contributed by atoms with Gasteiger partial charge in [-0.3, -0.25) is 4.99 Å². The standard InChI is InChI=1S/C19H28N4O2S2/c1-5-16(13-27(24,25)17-9-7-6-8-10-17)23-19(20-4)21-12-11-18-22-14(2)15(3)26-18/h6-10,16H,5,11-13H2,1-4H3,(H2,20,21,23). The van der Waals surface area contributed by atoms with E-state index in [0.29, 0.717) is 23.8 Å². The number of sulfone groups is 1. The quantitative estimate of drug-likeness (QED) is 0.518. The van der Waals surface area contributed by atoms with Crippen molar-refractivity contribution in [3.8, 4) is 0 Å². The number of aryl methyl sites for hydroxylation is 2. The summed E-state index contributed by atoms with van der Waals surface area (Å²) in [5.74, 6) is 0.633. The number of aromatic nitrogens is 1. The largest absolute Gasteiger partial charge is 0.356 e. The Bertz CT molecular complexity index is 842. The van der Waals surface area contributed by atoms with E-state index >= 15 is 0 Å². The molecule has 2 rings (SSSR count). The third kappa shape index (κ3) is 6.32. The van der Waals surface area contributed by atoms with E-state index < -0.39 is 9.84 Å². The minimum absolute atomic E-state index is 0.0269. The lowest BCUT2D eigenvalue weighted by atomic mass is 10.2. The predicted molar refractivity (Wildman–Crippen MR) is 112 cm³/mol. The predicted octanol–water partition coefficient (Wildman–Crippen LogP) is 2.72. The van der Waals surface area contributed by atoms with Gasteiger partial charge in [-0.05, 0) is 32.4 Å². The molecule has 0 aliphatic heterocycles. The highest BCUT2D eigenvalue weighted by molar-refractivity contribution is 7.91. The summed E-state index contributed by atoms with van der Waals surface area (Å²) in [6.07, 6.45) is 1.48. The first-order valence-corrected chi connectivity index (χ1v) is 11.5. The smallest absolute Gasteiger partial charge is 0.191 e. The Balaban J connectivity index is 1.91. The lowest BCUT2D eigenvalue weighted by molar-refractivity contribution is 0.569. The summed E-state index contributed by atoms with van der Waals surface area (Å²) >= 11 is 1.71. The molecule has 0 spiro atoms. The van der Waals surface area contributed by atoms with E-state index in [0.717, 1.165) is 17.1 Å². The third-order valence-electron chi connectivity index (χ3n) is 4.28. The van der Waals surface area contributed by atoms with Crippen molar-refractivity contribution in [3.05, 3.63) is 45.9 Å². The van der Waals surface area contributed by atoms with Crippen LogP contribution in [0.4, 0.5) is 0 Å². The van der Waals surface area contributed by atoms with Gasteiger partial charge in [0.25, 0.3) is 0 Å². The van der Waals surface area contributed by atoms with E-state index in [1.165, 1.54) is 4.88 Å². The van der Waals surface area contributed by atoms with Gasteiger partial charge in [-0.15, -0.1) is 11.3 Å². The molecule has 1 aromatic carbocycles. The summed E-state index contributed by atoms with van der Waals surface area (Å²) < 4.78 is 25.2. The highest BCUT2D eigenvalue weighted by Crippen LogP contribution is 2.16. The average molecular weight is 409 g/mol. The SMILES string of the molecule is CCC(CS(=O)(=O)c1ccccc1)NC(=NC)NCCc1nc(C)c(C)s1. The molecule has 6 nitrogen and oxygen atoms in total. The lowest BCUT2D eigenvalue weighted by Crippen LogP contribution is -2.46. The van der Waals surface area contributed by atoms with E-state index in [9.17, 15) is 8.42 Å². The molecule has 1 heterocycles. The molecule has 0 fully saturated rings. The Kier molecular flexibility index (Phi) is 7.79. The minimum atomic E-state index is -3.34. The van der Waals surface area contributed by atoms with Crippen molar-refractivity contribution in [2.75, 3.05) is 19.3 Å². The maximum absolute atomic E-state index is 12.6. The van der Waals surface area contributed by atoms with Crippen molar-refractivity contribution < 1.29 is 8.42 Å². The first-order chi connectivity index (χ1) is 12.9. The summed E-state index contributed by atoms with van der Waals surface area (Å²) in [7, 11) is -1.66. The Labute approximate surface area is 166 Å². The highest BCUT2D eigenvalue weighted by Gasteiger charge is 2.20. The van der Waals surface area contributed by atoms with Gasteiger partial charge in [-0.1, -0.05) is 25.1 Å². The first-order valence-electron chi connectivity index (χ1n) is 9.03. The zero-order valence-electron chi connectivity index (χ0n) is 16.3. The second-order valence-electron chi connectivity index (χ2n) is 6.34. The van der Waals surface area contributed by atoms with Crippen LogP contribution in [0.2, 0.25) is 0 Å². The fourth-order valence-electron chi connectivity index (χ4n) is 2.57. The summed E-state index contributed by atoms with van der Waals surface area (Å²) in [4.78, 5) is 10.3. The maximum atomic E-state index is 12.6. The molecule has 2 N–H and O–H groups in total. The van der Waals surface area contributed by atoms with E-state index in [2.05, 4.69) is 27.5 Å². The van der Waals surface area contributed by atoms with Gasteiger partial charge < -0.3 is 10.6 Å². The second kappa shape index (κ2) is 9.85. The summed E-state index contributed by atoms with van der Waals surface area (Å²) in [5.41, 5.74) is 1.08. The van der Waals surface area contributed by atoms with E-state index in [1.54, 1.807) is 42.6 Å². The van der Waals surface area contributed by atoms with Gasteiger partial charge in [-0.2, -0.15) is 0 Å². The van der Waals surface area contributed by atoms with Crippen molar-refractivity contribution >= 4 is 27.1 Å². The molecule has 0 amide bonds. The van der Waals surface area contributed by atoms with Crippen LogP contribution in [-0.4, -0.2) is 44.7 Å². The summed E-state index contributed by atoms with van der Waals surface area (Å²) in [5, 5.41) is 7.56. The van der Waals surface area contributed by atoms with Crippen LogP contribution in [0, 0.1) is 13.8 Å². The molecule has 27 heavy (non-hydrogen) atoms. The van der Waals surface area contributed by atoms with Crippen molar-refractivity contribution in [2.45, 2.75) is 44.6 Å².